The zero-order chi connectivity index (χ0) is 13.5. The van der Waals surface area contributed by atoms with Gasteiger partial charge in [0.2, 0.25) is 0 Å². The number of anilines is 1. The van der Waals surface area contributed by atoms with Crippen LogP contribution in [0, 0.1) is 3.57 Å². The molecule has 2 aromatic carbocycles. The quantitative estimate of drug-likeness (QED) is 0.808. The van der Waals surface area contributed by atoms with Gasteiger partial charge in [-0.2, -0.15) is 0 Å². The molecule has 1 aliphatic rings. The minimum absolute atomic E-state index is 0.123. The number of benzene rings is 2. The Hall–Kier alpha value is -1.08. The molecule has 0 saturated carbocycles. The van der Waals surface area contributed by atoms with Crippen LogP contribution in [0.5, 0.6) is 0 Å². The first-order valence-electron chi connectivity index (χ1n) is 5.90. The summed E-state index contributed by atoms with van der Waals surface area (Å²) < 4.78 is 25.3. The Morgan fingerprint density at radius 1 is 1.11 bits per heavy atom. The highest BCUT2D eigenvalue weighted by molar-refractivity contribution is 14.1. The molecule has 1 unspecified atom stereocenters. The molecule has 2 aromatic rings. The Labute approximate surface area is 126 Å². The lowest BCUT2D eigenvalue weighted by Crippen LogP contribution is -2.12. The van der Waals surface area contributed by atoms with Crippen LogP contribution in [0.2, 0.25) is 0 Å². The van der Waals surface area contributed by atoms with Crippen molar-refractivity contribution in [1.29, 1.82) is 0 Å². The Bertz CT molecular complexity index is 728. The Kier molecular flexibility index (Phi) is 3.26. The molecule has 0 radical (unpaired) electrons. The van der Waals surface area contributed by atoms with Crippen molar-refractivity contribution in [3.05, 3.63) is 57.7 Å². The predicted octanol–water partition coefficient (Wildman–Crippen LogP) is 3.23. The molecule has 0 amide bonds. The molecule has 0 fully saturated rings. The number of sulfone groups is 1. The van der Waals surface area contributed by atoms with Gasteiger partial charge in [0.25, 0.3) is 0 Å². The molecule has 0 bridgehead atoms. The smallest absolute Gasteiger partial charge is 0.181 e. The van der Waals surface area contributed by atoms with E-state index >= 15 is 0 Å². The van der Waals surface area contributed by atoms with Crippen molar-refractivity contribution in [2.45, 2.75) is 10.9 Å². The normalized spacial score (nSPS) is 19.9. The van der Waals surface area contributed by atoms with E-state index in [-0.39, 0.29) is 11.8 Å². The van der Waals surface area contributed by atoms with Gasteiger partial charge in [0.15, 0.2) is 9.84 Å². The molecular weight excluding hydrogens is 373 g/mol. The van der Waals surface area contributed by atoms with Gasteiger partial charge in [0.1, 0.15) is 0 Å². The summed E-state index contributed by atoms with van der Waals surface area (Å²) in [5.41, 5.74) is 1.81. The first kappa shape index (κ1) is 12.9. The van der Waals surface area contributed by atoms with Crippen molar-refractivity contribution in [2.75, 3.05) is 11.1 Å². The second-order valence-corrected chi connectivity index (χ2v) is 7.77. The summed E-state index contributed by atoms with van der Waals surface area (Å²) in [6, 6.07) is 15.0. The number of halogens is 1. The highest BCUT2D eigenvalue weighted by Crippen LogP contribution is 2.35. The van der Waals surface area contributed by atoms with E-state index in [0.29, 0.717) is 4.90 Å². The van der Waals surface area contributed by atoms with Crippen LogP contribution in [0.4, 0.5) is 5.69 Å². The van der Waals surface area contributed by atoms with Crippen molar-refractivity contribution < 1.29 is 8.42 Å². The minimum Gasteiger partial charge on any atom is -0.377 e. The first-order chi connectivity index (χ1) is 9.06. The van der Waals surface area contributed by atoms with E-state index in [0.717, 1.165) is 14.8 Å². The molecule has 3 rings (SSSR count). The molecule has 0 saturated heterocycles. The zero-order valence-corrected chi connectivity index (χ0v) is 13.0. The summed E-state index contributed by atoms with van der Waals surface area (Å²) in [5.74, 6) is 0.123. The van der Waals surface area contributed by atoms with Gasteiger partial charge in [-0.05, 0) is 52.4 Å². The molecule has 1 N–H and O–H groups in total. The maximum atomic E-state index is 12.1. The maximum absolute atomic E-state index is 12.1. The first-order valence-corrected chi connectivity index (χ1v) is 8.63. The molecule has 0 spiro atoms. The maximum Gasteiger partial charge on any atom is 0.181 e. The number of rotatable bonds is 2. The average molecular weight is 385 g/mol. The second-order valence-electron chi connectivity index (χ2n) is 4.53. The van der Waals surface area contributed by atoms with Crippen LogP contribution in [-0.4, -0.2) is 14.2 Å². The van der Waals surface area contributed by atoms with Crippen LogP contribution in [0.15, 0.2) is 53.4 Å². The Morgan fingerprint density at radius 3 is 2.68 bits per heavy atom. The summed E-state index contributed by atoms with van der Waals surface area (Å²) in [7, 11) is -3.15. The van der Waals surface area contributed by atoms with Crippen molar-refractivity contribution in [2.24, 2.45) is 0 Å². The van der Waals surface area contributed by atoms with Gasteiger partial charge in [0.05, 0.1) is 16.7 Å². The van der Waals surface area contributed by atoms with Crippen molar-refractivity contribution in [1.82, 2.24) is 0 Å². The number of fused-ring (bicyclic) bond motifs is 1. The third-order valence-corrected chi connectivity index (χ3v) is 5.67. The standard InChI is InChI=1S/C14H12INO2S/c15-10-4-3-5-11(8-10)16-13-9-19(17,18)14-7-2-1-6-12(13)14/h1-8,13,16H,9H2. The molecule has 1 aliphatic heterocycles. The van der Waals surface area contributed by atoms with Crippen molar-refractivity contribution in [3.8, 4) is 0 Å². The molecule has 0 aliphatic carbocycles. The van der Waals surface area contributed by atoms with Gasteiger partial charge in [-0.3, -0.25) is 0 Å². The molecule has 3 nitrogen and oxygen atoms in total. The molecular formula is C14H12INO2S. The summed E-state index contributed by atoms with van der Waals surface area (Å²) in [5, 5.41) is 3.31. The molecule has 1 atom stereocenters. The van der Waals surface area contributed by atoms with E-state index in [1.54, 1.807) is 12.1 Å². The van der Waals surface area contributed by atoms with E-state index in [1.807, 2.05) is 36.4 Å². The van der Waals surface area contributed by atoms with E-state index in [2.05, 4.69) is 27.9 Å². The highest BCUT2D eigenvalue weighted by Gasteiger charge is 2.34. The fraction of sp³-hybridized carbons (Fsp3) is 0.143. The van der Waals surface area contributed by atoms with E-state index in [9.17, 15) is 8.42 Å². The minimum atomic E-state index is -3.15. The zero-order valence-electron chi connectivity index (χ0n) is 10.0. The topological polar surface area (TPSA) is 46.2 Å². The van der Waals surface area contributed by atoms with E-state index in [4.69, 9.17) is 0 Å². The van der Waals surface area contributed by atoms with Gasteiger partial charge in [-0.15, -0.1) is 0 Å². The van der Waals surface area contributed by atoms with Crippen LogP contribution in [0.3, 0.4) is 0 Å². The Balaban J connectivity index is 1.96. The van der Waals surface area contributed by atoms with Gasteiger partial charge >= 0.3 is 0 Å². The van der Waals surface area contributed by atoms with E-state index < -0.39 is 9.84 Å². The lowest BCUT2D eigenvalue weighted by atomic mass is 10.1. The monoisotopic (exact) mass is 385 g/mol. The second kappa shape index (κ2) is 4.79. The third-order valence-electron chi connectivity index (χ3n) is 3.18. The fourth-order valence-electron chi connectivity index (χ4n) is 2.35. The molecule has 0 aromatic heterocycles. The summed E-state index contributed by atoms with van der Waals surface area (Å²) in [6.07, 6.45) is 0. The Morgan fingerprint density at radius 2 is 1.89 bits per heavy atom. The van der Waals surface area contributed by atoms with Crippen molar-refractivity contribution in [3.63, 3.8) is 0 Å². The van der Waals surface area contributed by atoms with Crippen LogP contribution < -0.4 is 5.32 Å². The van der Waals surface area contributed by atoms with Gasteiger partial charge in [-0.25, -0.2) is 8.42 Å². The average Bonchev–Trinajstić information content (AvgIpc) is 2.62. The summed E-state index contributed by atoms with van der Waals surface area (Å²) in [4.78, 5) is 0.457. The summed E-state index contributed by atoms with van der Waals surface area (Å²) >= 11 is 2.24. The largest absolute Gasteiger partial charge is 0.377 e. The number of hydrogen-bond acceptors (Lipinski definition) is 3. The highest BCUT2D eigenvalue weighted by atomic mass is 127. The van der Waals surface area contributed by atoms with Gasteiger partial charge < -0.3 is 5.32 Å². The SMILES string of the molecule is O=S1(=O)CC(Nc2cccc(I)c2)c2ccccc21. The third kappa shape index (κ3) is 2.49. The van der Waals surface area contributed by atoms with Gasteiger partial charge in [-0.1, -0.05) is 24.3 Å². The van der Waals surface area contributed by atoms with Crippen LogP contribution >= 0.6 is 22.6 Å². The lowest BCUT2D eigenvalue weighted by Gasteiger charge is -2.14. The van der Waals surface area contributed by atoms with Crippen LogP contribution in [0.1, 0.15) is 11.6 Å². The molecule has 98 valence electrons. The van der Waals surface area contributed by atoms with Crippen LogP contribution in [-0.2, 0) is 9.84 Å². The lowest BCUT2D eigenvalue weighted by molar-refractivity contribution is 0.598. The molecule has 1 heterocycles. The van der Waals surface area contributed by atoms with E-state index in [1.165, 1.54) is 0 Å². The summed E-state index contributed by atoms with van der Waals surface area (Å²) in [6.45, 7) is 0. The molecule has 19 heavy (non-hydrogen) atoms. The number of hydrogen-bond donors (Lipinski definition) is 1. The number of nitrogens with one attached hydrogen (secondary N) is 1. The van der Waals surface area contributed by atoms with Crippen LogP contribution in [0.25, 0.3) is 0 Å². The van der Waals surface area contributed by atoms with Gasteiger partial charge in [0, 0.05) is 9.26 Å². The predicted molar refractivity (Wildman–Crippen MR) is 84.0 cm³/mol. The van der Waals surface area contributed by atoms with Crippen molar-refractivity contribution >= 4 is 38.1 Å². The molecule has 5 heteroatoms. The fourth-order valence-corrected chi connectivity index (χ4v) is 4.63.